The summed E-state index contributed by atoms with van der Waals surface area (Å²) in [6.07, 6.45) is 0. The molecule has 0 unspecified atom stereocenters. The van der Waals surface area contributed by atoms with Gasteiger partial charge in [-0.3, -0.25) is 0 Å². The van der Waals surface area contributed by atoms with Crippen molar-refractivity contribution in [1.29, 1.82) is 0 Å². The summed E-state index contributed by atoms with van der Waals surface area (Å²) in [6, 6.07) is 21.0. The Bertz CT molecular complexity index is 443. The molecule has 19 heavy (non-hydrogen) atoms. The van der Waals surface area contributed by atoms with Gasteiger partial charge in [-0.05, 0) is 10.4 Å². The largest absolute Gasteiger partial charge is 0.436 e. The minimum Gasteiger partial charge on any atom is -0.436 e. The highest BCUT2D eigenvalue weighted by Gasteiger charge is 2.40. The first kappa shape index (κ1) is 14.4. The van der Waals surface area contributed by atoms with Crippen molar-refractivity contribution >= 4 is 38.5 Å². The van der Waals surface area contributed by atoms with Gasteiger partial charge in [-0.15, -0.1) is 0 Å². The van der Waals surface area contributed by atoms with Crippen LogP contribution in [0.25, 0.3) is 0 Å². The van der Waals surface area contributed by atoms with Gasteiger partial charge in [0, 0.05) is 0 Å². The molecule has 0 amide bonds. The topological polar surface area (TPSA) is 18.5 Å². The Morgan fingerprint density at radius 2 is 1.05 bits per heavy atom. The van der Waals surface area contributed by atoms with Gasteiger partial charge in [-0.25, -0.2) is 0 Å². The quantitative estimate of drug-likeness (QED) is 0.725. The molecule has 0 spiro atoms. The van der Waals surface area contributed by atoms with E-state index in [0.717, 1.165) is 0 Å². The molecule has 0 aliphatic carbocycles. The Morgan fingerprint density at radius 3 is 1.37 bits per heavy atom. The molecule has 0 atom stereocenters. The molecule has 0 heterocycles. The zero-order valence-electron chi connectivity index (χ0n) is 11.5. The molecule has 2 rings (SSSR count). The van der Waals surface area contributed by atoms with Crippen LogP contribution in [-0.4, -0.2) is 28.1 Å². The molecule has 0 radical (unpaired) electrons. The molecule has 0 aromatic heterocycles. The van der Waals surface area contributed by atoms with Crippen molar-refractivity contribution in [2.24, 2.45) is 0 Å². The van der Waals surface area contributed by atoms with Crippen molar-refractivity contribution in [3.8, 4) is 0 Å². The zero-order valence-corrected chi connectivity index (χ0v) is 15.3. The Balaban J connectivity index is 2.54. The fourth-order valence-corrected chi connectivity index (χ4v) is 10.9. The van der Waals surface area contributed by atoms with E-state index in [0.29, 0.717) is 0 Å². The lowest BCUT2D eigenvalue weighted by atomic mass is 10.4. The highest BCUT2D eigenvalue weighted by Crippen LogP contribution is 2.08. The van der Waals surface area contributed by atoms with Gasteiger partial charge in [-0.2, -0.15) is 0 Å². The summed E-state index contributed by atoms with van der Waals surface area (Å²) in [5.41, 5.74) is 0. The Morgan fingerprint density at radius 1 is 0.684 bits per heavy atom. The van der Waals surface area contributed by atoms with E-state index in [-0.39, 0.29) is 0 Å². The molecule has 2 aromatic carbocycles. The second-order valence-electron chi connectivity index (χ2n) is 4.21. The molecule has 0 aliphatic rings. The van der Waals surface area contributed by atoms with Crippen molar-refractivity contribution in [1.82, 2.24) is 0 Å². The van der Waals surface area contributed by atoms with E-state index in [1.165, 1.54) is 10.4 Å². The fraction of sp³-hybridized carbons (Fsp3) is 0.143. The van der Waals surface area contributed by atoms with Gasteiger partial charge in [0.1, 0.15) is 19.5 Å². The Kier molecular flexibility index (Phi) is 5.29. The molecule has 2 aromatic rings. The average Bonchev–Trinajstić information content (AvgIpc) is 2.49. The van der Waals surface area contributed by atoms with Gasteiger partial charge in [0.25, 0.3) is 0 Å². The predicted molar refractivity (Wildman–Crippen MR) is 88.9 cm³/mol. The lowest BCUT2D eigenvalue weighted by Gasteiger charge is -2.31. The standard InChI is InChI=1S/C14H20O2Si3/c1-17-15-19(16-18-2,13-9-5-3-6-10-13)14-11-7-4-8-12-14/h3-12H,17-18H2,1-2H3. The van der Waals surface area contributed by atoms with Crippen LogP contribution in [0, 0.1) is 0 Å². The molecule has 0 fully saturated rings. The first-order chi connectivity index (χ1) is 9.33. The van der Waals surface area contributed by atoms with Gasteiger partial charge in [-0.1, -0.05) is 73.8 Å². The van der Waals surface area contributed by atoms with E-state index in [9.17, 15) is 0 Å². The number of hydrogen-bond acceptors (Lipinski definition) is 2. The maximum Gasteiger partial charge on any atom is 0.385 e. The Labute approximate surface area is 120 Å². The summed E-state index contributed by atoms with van der Waals surface area (Å²) in [5.74, 6) is 0. The van der Waals surface area contributed by atoms with E-state index in [2.05, 4.69) is 61.6 Å². The third-order valence-electron chi connectivity index (χ3n) is 3.00. The third kappa shape index (κ3) is 3.13. The van der Waals surface area contributed by atoms with E-state index >= 15 is 0 Å². The summed E-state index contributed by atoms with van der Waals surface area (Å²) in [5, 5.41) is 2.45. The van der Waals surface area contributed by atoms with Gasteiger partial charge >= 0.3 is 8.56 Å². The number of rotatable bonds is 6. The monoisotopic (exact) mass is 304 g/mol. The third-order valence-corrected chi connectivity index (χ3v) is 10.8. The molecule has 2 nitrogen and oxygen atoms in total. The first-order valence-corrected chi connectivity index (χ1v) is 12.5. The van der Waals surface area contributed by atoms with E-state index < -0.39 is 28.1 Å². The van der Waals surface area contributed by atoms with Crippen LogP contribution in [0.5, 0.6) is 0 Å². The smallest absolute Gasteiger partial charge is 0.385 e. The van der Waals surface area contributed by atoms with Crippen LogP contribution in [-0.2, 0) is 8.23 Å². The van der Waals surface area contributed by atoms with Gasteiger partial charge < -0.3 is 8.23 Å². The van der Waals surface area contributed by atoms with Crippen molar-refractivity contribution in [3.63, 3.8) is 0 Å². The number of hydrogen-bond donors (Lipinski definition) is 0. The van der Waals surface area contributed by atoms with Crippen LogP contribution >= 0.6 is 0 Å². The van der Waals surface area contributed by atoms with Crippen molar-refractivity contribution in [2.45, 2.75) is 13.1 Å². The molecule has 0 saturated heterocycles. The summed E-state index contributed by atoms with van der Waals surface area (Å²) in [6.45, 7) is 4.35. The van der Waals surface area contributed by atoms with Crippen molar-refractivity contribution < 1.29 is 8.23 Å². The molecular formula is C14H20O2Si3. The summed E-state index contributed by atoms with van der Waals surface area (Å²) in [7, 11) is -3.50. The van der Waals surface area contributed by atoms with Crippen LogP contribution in [0.1, 0.15) is 0 Å². The molecule has 0 N–H and O–H groups in total. The van der Waals surface area contributed by atoms with Crippen LogP contribution in [0.2, 0.25) is 13.1 Å². The SMILES string of the molecule is C[SiH2]O[Si](O[SiH2]C)(c1ccccc1)c1ccccc1. The second kappa shape index (κ2) is 6.97. The van der Waals surface area contributed by atoms with E-state index in [1.807, 2.05) is 12.1 Å². The minimum atomic E-state index is -2.42. The van der Waals surface area contributed by atoms with Crippen LogP contribution in [0.15, 0.2) is 60.7 Å². The summed E-state index contributed by atoms with van der Waals surface area (Å²) >= 11 is 0. The molecule has 0 saturated carbocycles. The predicted octanol–water partition coefficient (Wildman–Crippen LogP) is 0.540. The molecule has 0 bridgehead atoms. The van der Waals surface area contributed by atoms with Crippen molar-refractivity contribution in [3.05, 3.63) is 60.7 Å². The highest BCUT2D eigenvalue weighted by atomic mass is 28.4. The maximum absolute atomic E-state index is 6.33. The minimum absolute atomic E-state index is 0.539. The van der Waals surface area contributed by atoms with Crippen LogP contribution in [0.3, 0.4) is 0 Å². The van der Waals surface area contributed by atoms with E-state index in [4.69, 9.17) is 8.23 Å². The average molecular weight is 305 g/mol. The van der Waals surface area contributed by atoms with Crippen molar-refractivity contribution in [2.75, 3.05) is 0 Å². The lowest BCUT2D eigenvalue weighted by molar-refractivity contribution is 0.451. The maximum atomic E-state index is 6.33. The fourth-order valence-electron chi connectivity index (χ4n) is 2.26. The van der Waals surface area contributed by atoms with E-state index in [1.54, 1.807) is 0 Å². The number of benzene rings is 2. The van der Waals surface area contributed by atoms with Gasteiger partial charge in [0.2, 0.25) is 0 Å². The Hall–Kier alpha value is -0.989. The molecular weight excluding hydrogens is 284 g/mol. The van der Waals surface area contributed by atoms with Crippen LogP contribution < -0.4 is 10.4 Å². The molecule has 100 valence electrons. The molecule has 0 aliphatic heterocycles. The summed E-state index contributed by atoms with van der Waals surface area (Å²) < 4.78 is 12.7. The normalized spacial score (nSPS) is 12.7. The summed E-state index contributed by atoms with van der Waals surface area (Å²) in [4.78, 5) is 0. The lowest BCUT2D eigenvalue weighted by Crippen LogP contribution is -2.64. The zero-order chi connectivity index (χ0) is 13.6. The molecule has 5 heteroatoms. The van der Waals surface area contributed by atoms with Gasteiger partial charge in [0.15, 0.2) is 0 Å². The highest BCUT2D eigenvalue weighted by molar-refractivity contribution is 6.96. The van der Waals surface area contributed by atoms with Gasteiger partial charge in [0.05, 0.1) is 0 Å². The second-order valence-corrected chi connectivity index (χ2v) is 10.1. The van der Waals surface area contributed by atoms with Crippen LogP contribution in [0.4, 0.5) is 0 Å². The first-order valence-electron chi connectivity index (χ1n) is 6.72.